The Morgan fingerprint density at radius 3 is 2.35 bits per heavy atom. The fraction of sp³-hybridized carbons (Fsp3) is 0.700. The van der Waals surface area contributed by atoms with E-state index in [0.29, 0.717) is 6.42 Å². The van der Waals surface area contributed by atoms with E-state index < -0.39 is 11.7 Å². The summed E-state index contributed by atoms with van der Waals surface area (Å²) in [6.45, 7) is 8.73. The molecule has 2 rings (SSSR count). The molecule has 1 fully saturated rings. The second kappa shape index (κ2) is 7.69. The van der Waals surface area contributed by atoms with Crippen molar-refractivity contribution in [2.45, 2.75) is 63.7 Å². The fourth-order valence-corrected chi connectivity index (χ4v) is 4.05. The summed E-state index contributed by atoms with van der Waals surface area (Å²) in [6.07, 6.45) is -0.602. The molecule has 1 aliphatic rings. The van der Waals surface area contributed by atoms with E-state index in [-0.39, 0.29) is 16.1 Å². The van der Waals surface area contributed by atoms with Gasteiger partial charge < -0.3 is 4.90 Å². The molecule has 1 aromatic rings. The maximum Gasteiger partial charge on any atom is 0.416 e. The van der Waals surface area contributed by atoms with Crippen LogP contribution in [0.1, 0.15) is 51.2 Å². The van der Waals surface area contributed by atoms with Crippen molar-refractivity contribution in [3.8, 4) is 0 Å². The van der Waals surface area contributed by atoms with Crippen molar-refractivity contribution in [2.75, 3.05) is 27.2 Å². The summed E-state index contributed by atoms with van der Waals surface area (Å²) in [6, 6.07) is 3.70. The van der Waals surface area contributed by atoms with Crippen molar-refractivity contribution in [1.29, 1.82) is 0 Å². The molecule has 1 aliphatic heterocycles. The van der Waals surface area contributed by atoms with Crippen molar-refractivity contribution < 1.29 is 13.2 Å². The highest BCUT2D eigenvalue weighted by Gasteiger charge is 2.40. The van der Waals surface area contributed by atoms with Gasteiger partial charge in [-0.15, -0.1) is 0 Å². The van der Waals surface area contributed by atoms with Crippen molar-refractivity contribution in [3.05, 3.63) is 34.3 Å². The Morgan fingerprint density at radius 2 is 1.85 bits per heavy atom. The molecule has 0 aliphatic carbocycles. The van der Waals surface area contributed by atoms with E-state index in [9.17, 15) is 13.2 Å². The molecular formula is C20H30ClF3N2. The van der Waals surface area contributed by atoms with Gasteiger partial charge in [0.2, 0.25) is 0 Å². The monoisotopic (exact) mass is 390 g/mol. The van der Waals surface area contributed by atoms with Crippen LogP contribution in [0.25, 0.3) is 0 Å². The molecule has 2 nitrogen and oxygen atoms in total. The molecule has 26 heavy (non-hydrogen) atoms. The van der Waals surface area contributed by atoms with Gasteiger partial charge in [-0.05, 0) is 84.8 Å². The Labute approximate surface area is 160 Å². The quantitative estimate of drug-likeness (QED) is 0.671. The molecule has 0 aromatic heterocycles. The molecule has 0 unspecified atom stereocenters. The van der Waals surface area contributed by atoms with Crippen LogP contribution in [0, 0.1) is 0 Å². The minimum atomic E-state index is -4.36. The summed E-state index contributed by atoms with van der Waals surface area (Å²) in [5.41, 5.74) is 0.213. The van der Waals surface area contributed by atoms with E-state index in [2.05, 4.69) is 44.7 Å². The number of aryl methyl sites for hydroxylation is 1. The van der Waals surface area contributed by atoms with Gasteiger partial charge >= 0.3 is 6.18 Å². The van der Waals surface area contributed by atoms with Crippen LogP contribution in [0.4, 0.5) is 13.2 Å². The highest BCUT2D eigenvalue weighted by Crippen LogP contribution is 2.36. The average molecular weight is 391 g/mol. The first kappa shape index (κ1) is 21.5. The van der Waals surface area contributed by atoms with Crippen LogP contribution < -0.4 is 0 Å². The summed E-state index contributed by atoms with van der Waals surface area (Å²) in [5, 5.41) is 0.206. The Kier molecular flexibility index (Phi) is 6.36. The predicted molar refractivity (Wildman–Crippen MR) is 102 cm³/mol. The lowest BCUT2D eigenvalue weighted by Crippen LogP contribution is -2.60. The zero-order valence-corrected chi connectivity index (χ0v) is 17.1. The lowest BCUT2D eigenvalue weighted by molar-refractivity contribution is -0.137. The minimum absolute atomic E-state index is 0.0115. The number of alkyl halides is 3. The first-order valence-electron chi connectivity index (χ1n) is 9.13. The Bertz CT molecular complexity index is 622. The van der Waals surface area contributed by atoms with Crippen molar-refractivity contribution in [1.82, 2.24) is 9.80 Å². The smallest absolute Gasteiger partial charge is 0.302 e. The van der Waals surface area contributed by atoms with Gasteiger partial charge in [0.15, 0.2) is 0 Å². The van der Waals surface area contributed by atoms with Crippen LogP contribution in [0.2, 0.25) is 5.02 Å². The standard InChI is InChI=1S/C20H30ClF3N2/c1-18(2,3)26-12-6-10-19(14-26,25(4)5)11-9-15-7-8-16(13-17(15)21)20(22,23)24/h7-8,13H,6,9-12,14H2,1-5H3/t19-/m0/s1. The number of nitrogens with zero attached hydrogens (tertiary/aromatic N) is 2. The predicted octanol–water partition coefficient (Wildman–Crippen LogP) is 5.49. The van der Waals surface area contributed by atoms with Gasteiger partial charge in [-0.2, -0.15) is 13.2 Å². The summed E-state index contributed by atoms with van der Waals surface area (Å²) in [7, 11) is 4.20. The SMILES string of the molecule is CN(C)[C@]1(CCc2ccc(C(F)(F)F)cc2Cl)CCCN(C(C)(C)C)C1. The topological polar surface area (TPSA) is 6.48 Å². The molecule has 6 heteroatoms. The average Bonchev–Trinajstić information content (AvgIpc) is 2.52. The van der Waals surface area contributed by atoms with Gasteiger partial charge in [0, 0.05) is 22.6 Å². The third-order valence-corrected chi connectivity index (χ3v) is 6.04. The molecule has 0 radical (unpaired) electrons. The van der Waals surface area contributed by atoms with Crippen molar-refractivity contribution in [3.63, 3.8) is 0 Å². The number of rotatable bonds is 4. The summed E-state index contributed by atoms with van der Waals surface area (Å²) in [5.74, 6) is 0. The maximum absolute atomic E-state index is 12.8. The maximum atomic E-state index is 12.8. The lowest BCUT2D eigenvalue weighted by atomic mass is 9.81. The van der Waals surface area contributed by atoms with E-state index in [1.807, 2.05) is 0 Å². The molecule has 148 valence electrons. The van der Waals surface area contributed by atoms with Crippen LogP contribution in [0.5, 0.6) is 0 Å². The summed E-state index contributed by atoms with van der Waals surface area (Å²) < 4.78 is 38.5. The third-order valence-electron chi connectivity index (χ3n) is 5.69. The number of hydrogen-bond acceptors (Lipinski definition) is 2. The molecule has 1 aromatic carbocycles. The number of hydrogen-bond donors (Lipinski definition) is 0. The molecule has 0 saturated carbocycles. The number of benzene rings is 1. The van der Waals surface area contributed by atoms with E-state index in [4.69, 9.17) is 11.6 Å². The highest BCUT2D eigenvalue weighted by molar-refractivity contribution is 6.31. The largest absolute Gasteiger partial charge is 0.416 e. The van der Waals surface area contributed by atoms with Crippen LogP contribution in [-0.4, -0.2) is 48.1 Å². The fourth-order valence-electron chi connectivity index (χ4n) is 3.77. The van der Waals surface area contributed by atoms with E-state index in [0.717, 1.165) is 50.0 Å². The normalized spacial score (nSPS) is 22.8. The molecule has 1 atom stereocenters. The first-order valence-corrected chi connectivity index (χ1v) is 9.51. The Balaban J connectivity index is 2.17. The molecule has 1 heterocycles. The zero-order valence-electron chi connectivity index (χ0n) is 16.4. The van der Waals surface area contributed by atoms with Crippen LogP contribution in [0.3, 0.4) is 0 Å². The summed E-state index contributed by atoms with van der Waals surface area (Å²) >= 11 is 6.16. The number of likely N-dealkylation sites (tertiary alicyclic amines) is 1. The Hall–Kier alpha value is -0.780. The first-order chi connectivity index (χ1) is 11.8. The highest BCUT2D eigenvalue weighted by atomic mass is 35.5. The van der Waals surface area contributed by atoms with Gasteiger partial charge in [0.1, 0.15) is 0 Å². The lowest BCUT2D eigenvalue weighted by Gasteiger charge is -2.51. The zero-order chi connectivity index (χ0) is 19.8. The van der Waals surface area contributed by atoms with Crippen molar-refractivity contribution in [2.24, 2.45) is 0 Å². The Morgan fingerprint density at radius 1 is 1.19 bits per heavy atom. The van der Waals surface area contributed by atoms with Crippen LogP contribution >= 0.6 is 11.6 Å². The molecular weight excluding hydrogens is 361 g/mol. The molecule has 0 spiro atoms. The van der Waals surface area contributed by atoms with Gasteiger partial charge in [-0.25, -0.2) is 0 Å². The number of likely N-dealkylation sites (N-methyl/N-ethyl adjacent to an activating group) is 1. The van der Waals surface area contributed by atoms with E-state index in [1.165, 1.54) is 6.07 Å². The molecule has 0 N–H and O–H groups in total. The van der Waals surface area contributed by atoms with E-state index in [1.54, 1.807) is 0 Å². The van der Waals surface area contributed by atoms with E-state index >= 15 is 0 Å². The number of piperidine rings is 1. The van der Waals surface area contributed by atoms with Crippen molar-refractivity contribution >= 4 is 11.6 Å². The van der Waals surface area contributed by atoms with Gasteiger partial charge in [0.05, 0.1) is 5.56 Å². The molecule has 0 bridgehead atoms. The second-order valence-corrected chi connectivity index (χ2v) is 9.03. The number of halogens is 4. The van der Waals surface area contributed by atoms with Gasteiger partial charge in [0.25, 0.3) is 0 Å². The molecule has 1 saturated heterocycles. The second-order valence-electron chi connectivity index (χ2n) is 8.62. The van der Waals surface area contributed by atoms with Gasteiger partial charge in [-0.1, -0.05) is 17.7 Å². The minimum Gasteiger partial charge on any atom is -0.302 e. The van der Waals surface area contributed by atoms with Gasteiger partial charge in [-0.3, -0.25) is 4.90 Å². The van der Waals surface area contributed by atoms with Crippen LogP contribution in [0.15, 0.2) is 18.2 Å². The van der Waals surface area contributed by atoms with Crippen LogP contribution in [-0.2, 0) is 12.6 Å². The third kappa shape index (κ3) is 4.93. The molecule has 0 amide bonds. The summed E-state index contributed by atoms with van der Waals surface area (Å²) in [4.78, 5) is 4.79.